The molecule has 0 saturated carbocycles. The predicted octanol–water partition coefficient (Wildman–Crippen LogP) is 4.16. The third-order valence-electron chi connectivity index (χ3n) is 4.55. The van der Waals surface area contributed by atoms with Gasteiger partial charge >= 0.3 is 0 Å². The molecular weight excluding hydrogens is 484 g/mol. The maximum atomic E-state index is 12.6. The molecule has 3 rings (SSSR count). The zero-order valence-electron chi connectivity index (χ0n) is 17.2. The van der Waals surface area contributed by atoms with Crippen LogP contribution in [0.1, 0.15) is 23.2 Å². The molecule has 2 aromatic carbocycles. The van der Waals surface area contributed by atoms with Crippen molar-refractivity contribution in [3.05, 3.63) is 52.5 Å². The summed E-state index contributed by atoms with van der Waals surface area (Å²) in [6.07, 6.45) is 2.16. The Hall–Kier alpha value is -2.20. The molecule has 0 bridgehead atoms. The Labute approximate surface area is 195 Å². The lowest BCUT2D eigenvalue weighted by atomic mass is 10.2. The molecule has 0 radical (unpaired) electrons. The third-order valence-corrected chi connectivity index (χ3v) is 5.37. The first-order chi connectivity index (χ1) is 15.1. The van der Waals surface area contributed by atoms with E-state index in [0.29, 0.717) is 47.0 Å². The van der Waals surface area contributed by atoms with E-state index in [9.17, 15) is 4.79 Å². The van der Waals surface area contributed by atoms with Crippen LogP contribution in [0.3, 0.4) is 0 Å². The Morgan fingerprint density at radius 1 is 1.19 bits per heavy atom. The number of anilines is 1. The summed E-state index contributed by atoms with van der Waals surface area (Å²) in [5.41, 5.74) is 1.12. The average molecular weight is 509 g/mol. The molecule has 1 aliphatic heterocycles. The van der Waals surface area contributed by atoms with Crippen molar-refractivity contribution in [3.8, 4) is 11.5 Å². The molecule has 7 nitrogen and oxygen atoms in total. The van der Waals surface area contributed by atoms with Gasteiger partial charge in [0.2, 0.25) is 0 Å². The number of para-hydroxylation sites is 2. The minimum atomic E-state index is -0.334. The highest BCUT2D eigenvalue weighted by Crippen LogP contribution is 2.27. The fourth-order valence-corrected chi connectivity index (χ4v) is 3.67. The molecule has 1 unspecified atom stereocenters. The van der Waals surface area contributed by atoms with Gasteiger partial charge in [0.05, 0.1) is 22.9 Å². The van der Waals surface area contributed by atoms with E-state index in [0.717, 1.165) is 19.4 Å². The van der Waals surface area contributed by atoms with E-state index in [4.69, 9.17) is 31.2 Å². The molecule has 1 atom stereocenters. The molecule has 0 spiro atoms. The zero-order chi connectivity index (χ0) is 22.1. The van der Waals surface area contributed by atoms with E-state index in [1.165, 1.54) is 0 Å². The number of nitrogens with one attached hydrogen (secondary N) is 2. The van der Waals surface area contributed by atoms with Crippen LogP contribution in [0.4, 0.5) is 5.69 Å². The first kappa shape index (κ1) is 23.5. The number of thiocarbonyl (C=S) groups is 1. The van der Waals surface area contributed by atoms with Crippen molar-refractivity contribution in [2.45, 2.75) is 18.9 Å². The molecular formula is C22H25BrN2O5S. The number of hydrogen-bond donors (Lipinski definition) is 2. The van der Waals surface area contributed by atoms with Gasteiger partial charge in [0, 0.05) is 19.3 Å². The molecule has 0 aromatic heterocycles. The third kappa shape index (κ3) is 7.17. The highest BCUT2D eigenvalue weighted by Gasteiger charge is 2.17. The van der Waals surface area contributed by atoms with Gasteiger partial charge in [-0.1, -0.05) is 12.1 Å². The van der Waals surface area contributed by atoms with Crippen molar-refractivity contribution >= 4 is 44.9 Å². The van der Waals surface area contributed by atoms with Gasteiger partial charge in [0.15, 0.2) is 5.11 Å². The molecule has 31 heavy (non-hydrogen) atoms. The lowest BCUT2D eigenvalue weighted by Crippen LogP contribution is -2.34. The molecule has 1 fully saturated rings. The van der Waals surface area contributed by atoms with E-state index in [-0.39, 0.29) is 17.1 Å². The summed E-state index contributed by atoms with van der Waals surface area (Å²) in [6.45, 7) is 2.15. The van der Waals surface area contributed by atoms with Gasteiger partial charge in [-0.2, -0.15) is 0 Å². The second kappa shape index (κ2) is 12.0. The number of rotatable bonds is 9. The number of amides is 1. The van der Waals surface area contributed by atoms with Gasteiger partial charge in [0.1, 0.15) is 24.7 Å². The lowest BCUT2D eigenvalue weighted by Gasteiger charge is -2.16. The van der Waals surface area contributed by atoms with Crippen LogP contribution in [0.5, 0.6) is 11.5 Å². The summed E-state index contributed by atoms with van der Waals surface area (Å²) in [6, 6.07) is 12.5. The van der Waals surface area contributed by atoms with Crippen LogP contribution in [0.25, 0.3) is 0 Å². The van der Waals surface area contributed by atoms with Crippen LogP contribution < -0.4 is 20.1 Å². The van der Waals surface area contributed by atoms with Crippen LogP contribution in [-0.2, 0) is 9.47 Å². The van der Waals surface area contributed by atoms with Gasteiger partial charge in [0.25, 0.3) is 5.91 Å². The Morgan fingerprint density at radius 2 is 2.03 bits per heavy atom. The quantitative estimate of drug-likeness (QED) is 0.388. The maximum absolute atomic E-state index is 12.6. The predicted molar refractivity (Wildman–Crippen MR) is 126 cm³/mol. The average Bonchev–Trinajstić information content (AvgIpc) is 3.28. The fourth-order valence-electron chi connectivity index (χ4n) is 2.98. The lowest BCUT2D eigenvalue weighted by molar-refractivity contribution is 0.0682. The molecule has 9 heteroatoms. The van der Waals surface area contributed by atoms with Crippen LogP contribution in [0.15, 0.2) is 46.9 Å². The highest BCUT2D eigenvalue weighted by atomic mass is 79.9. The van der Waals surface area contributed by atoms with Crippen molar-refractivity contribution in [2.75, 3.05) is 38.9 Å². The van der Waals surface area contributed by atoms with Crippen LogP contribution in [-0.4, -0.2) is 50.7 Å². The Balaban J connectivity index is 1.55. The summed E-state index contributed by atoms with van der Waals surface area (Å²) in [4.78, 5) is 12.6. The van der Waals surface area contributed by atoms with Crippen LogP contribution in [0, 0.1) is 0 Å². The summed E-state index contributed by atoms with van der Waals surface area (Å²) in [5.74, 6) is 0.945. The first-order valence-corrected chi connectivity index (χ1v) is 11.1. The Bertz CT molecular complexity index is 905. The van der Waals surface area contributed by atoms with Crippen molar-refractivity contribution in [3.63, 3.8) is 0 Å². The van der Waals surface area contributed by atoms with Gasteiger partial charge in [-0.3, -0.25) is 10.1 Å². The molecule has 2 aromatic rings. The van der Waals surface area contributed by atoms with Gasteiger partial charge in [-0.15, -0.1) is 0 Å². The van der Waals surface area contributed by atoms with Gasteiger partial charge < -0.3 is 24.3 Å². The molecule has 166 valence electrons. The van der Waals surface area contributed by atoms with E-state index in [1.54, 1.807) is 25.3 Å². The number of carbonyl (C=O) groups is 1. The van der Waals surface area contributed by atoms with Crippen molar-refractivity contribution < 1.29 is 23.7 Å². The van der Waals surface area contributed by atoms with E-state index < -0.39 is 0 Å². The van der Waals surface area contributed by atoms with E-state index >= 15 is 0 Å². The summed E-state index contributed by atoms with van der Waals surface area (Å²) in [7, 11) is 1.61. The van der Waals surface area contributed by atoms with Gasteiger partial charge in [-0.25, -0.2) is 0 Å². The summed E-state index contributed by atoms with van der Waals surface area (Å²) in [5, 5.41) is 5.89. The zero-order valence-corrected chi connectivity index (χ0v) is 19.6. The number of methoxy groups -OCH3 is 1. The molecule has 0 aliphatic carbocycles. The molecule has 1 saturated heterocycles. The van der Waals surface area contributed by atoms with Crippen LogP contribution in [0.2, 0.25) is 0 Å². The van der Waals surface area contributed by atoms with E-state index in [2.05, 4.69) is 26.6 Å². The molecule has 1 heterocycles. The normalized spacial score (nSPS) is 15.4. The maximum Gasteiger partial charge on any atom is 0.257 e. The largest absolute Gasteiger partial charge is 0.490 e. The Kier molecular flexibility index (Phi) is 9.08. The molecule has 1 amide bonds. The highest BCUT2D eigenvalue weighted by molar-refractivity contribution is 9.10. The fraction of sp³-hybridized carbons (Fsp3) is 0.364. The first-order valence-electron chi connectivity index (χ1n) is 9.94. The standard InChI is InChI=1S/C22H25BrN2O5S/c1-27-11-12-29-19-9-8-15(13-17(19)23)21(26)25-22(31)24-18-6-2-3-7-20(18)30-14-16-5-4-10-28-16/h2-3,6-9,13,16H,4-5,10-12,14H2,1H3,(H2,24,25,26,31). The minimum Gasteiger partial charge on any atom is -0.490 e. The number of benzene rings is 2. The smallest absolute Gasteiger partial charge is 0.257 e. The second-order valence-corrected chi connectivity index (χ2v) is 8.10. The van der Waals surface area contributed by atoms with Crippen LogP contribution >= 0.6 is 28.1 Å². The molecule has 1 aliphatic rings. The monoisotopic (exact) mass is 508 g/mol. The summed E-state index contributed by atoms with van der Waals surface area (Å²) < 4.78 is 22.7. The second-order valence-electron chi connectivity index (χ2n) is 6.84. The number of hydrogen-bond acceptors (Lipinski definition) is 6. The van der Waals surface area contributed by atoms with E-state index in [1.807, 2.05) is 24.3 Å². The van der Waals surface area contributed by atoms with Crippen molar-refractivity contribution in [1.82, 2.24) is 5.32 Å². The number of carbonyl (C=O) groups excluding carboxylic acids is 1. The SMILES string of the molecule is COCCOc1ccc(C(=O)NC(=S)Nc2ccccc2OCC2CCCO2)cc1Br. The van der Waals surface area contributed by atoms with Crippen molar-refractivity contribution in [2.24, 2.45) is 0 Å². The number of halogens is 1. The topological polar surface area (TPSA) is 78.1 Å². The van der Waals surface area contributed by atoms with Crippen molar-refractivity contribution in [1.29, 1.82) is 0 Å². The Morgan fingerprint density at radius 3 is 2.77 bits per heavy atom. The molecule has 2 N–H and O–H groups in total. The summed E-state index contributed by atoms with van der Waals surface area (Å²) >= 11 is 8.74. The van der Waals surface area contributed by atoms with Gasteiger partial charge in [-0.05, 0) is 71.3 Å². The minimum absolute atomic E-state index is 0.111. The number of ether oxygens (including phenoxy) is 4.